The maximum atomic E-state index is 12.5. The van der Waals surface area contributed by atoms with E-state index in [-0.39, 0.29) is 17.9 Å². The first-order chi connectivity index (χ1) is 13.0. The Balaban J connectivity index is 1.81. The Labute approximate surface area is 157 Å². The average Bonchev–Trinajstić information content (AvgIpc) is 2.71. The molecule has 1 amide bonds. The molecule has 140 valence electrons. The van der Waals surface area contributed by atoms with Crippen LogP contribution in [0.15, 0.2) is 53.3 Å². The molecule has 0 bridgehead atoms. The Morgan fingerprint density at radius 2 is 1.70 bits per heavy atom. The number of ether oxygens (including phenoxy) is 2. The highest BCUT2D eigenvalue weighted by Crippen LogP contribution is 2.31. The van der Waals surface area contributed by atoms with Crippen LogP contribution in [0.2, 0.25) is 0 Å². The highest BCUT2D eigenvalue weighted by Gasteiger charge is 2.13. The molecule has 0 aliphatic heterocycles. The molecule has 3 aromatic rings. The molecule has 0 aliphatic rings. The zero-order valence-corrected chi connectivity index (χ0v) is 15.6. The molecule has 0 saturated heterocycles. The van der Waals surface area contributed by atoms with Crippen LogP contribution in [0.5, 0.6) is 11.5 Å². The van der Waals surface area contributed by atoms with Gasteiger partial charge in [0.1, 0.15) is 0 Å². The number of aromatic nitrogens is 1. The summed E-state index contributed by atoms with van der Waals surface area (Å²) in [6, 6.07) is 14.8. The van der Waals surface area contributed by atoms with Crippen LogP contribution in [-0.2, 0) is 11.2 Å². The standard InChI is InChI=1S/C21H22N2O4/c1-23(16-7-5-4-6-8-16)20(24)10-9-14-11-15-12-18(26-2)19(27-3)13-17(15)22-21(14)25/h4-8,11-13H,9-10H2,1-3H3,(H,22,25). The van der Waals surface area contributed by atoms with Crippen molar-refractivity contribution in [3.8, 4) is 11.5 Å². The van der Waals surface area contributed by atoms with E-state index in [1.807, 2.05) is 36.4 Å². The number of hydrogen-bond acceptors (Lipinski definition) is 4. The number of rotatable bonds is 6. The number of methoxy groups -OCH3 is 2. The minimum atomic E-state index is -0.204. The monoisotopic (exact) mass is 366 g/mol. The number of aryl methyl sites for hydroxylation is 1. The number of amides is 1. The molecule has 0 spiro atoms. The number of H-pyrrole nitrogens is 1. The number of carbonyl (C=O) groups excluding carboxylic acids is 1. The first-order valence-corrected chi connectivity index (χ1v) is 8.63. The van der Waals surface area contributed by atoms with Crippen molar-refractivity contribution in [2.45, 2.75) is 12.8 Å². The van der Waals surface area contributed by atoms with Crippen LogP contribution in [0.25, 0.3) is 10.9 Å². The van der Waals surface area contributed by atoms with Crippen molar-refractivity contribution in [2.75, 3.05) is 26.2 Å². The number of nitrogens with one attached hydrogen (secondary N) is 1. The van der Waals surface area contributed by atoms with Crippen LogP contribution in [0, 0.1) is 0 Å². The van der Waals surface area contributed by atoms with E-state index in [0.29, 0.717) is 29.0 Å². The molecule has 0 saturated carbocycles. The van der Waals surface area contributed by atoms with Gasteiger partial charge in [-0.3, -0.25) is 9.59 Å². The second-order valence-corrected chi connectivity index (χ2v) is 6.21. The summed E-state index contributed by atoms with van der Waals surface area (Å²) < 4.78 is 10.6. The highest BCUT2D eigenvalue weighted by atomic mass is 16.5. The molecule has 27 heavy (non-hydrogen) atoms. The number of hydrogen-bond donors (Lipinski definition) is 1. The van der Waals surface area contributed by atoms with Crippen molar-refractivity contribution >= 4 is 22.5 Å². The molecule has 6 nitrogen and oxygen atoms in total. The topological polar surface area (TPSA) is 71.6 Å². The van der Waals surface area contributed by atoms with E-state index < -0.39 is 0 Å². The number of carbonyl (C=O) groups is 1. The Bertz CT molecular complexity index is 1010. The lowest BCUT2D eigenvalue weighted by Gasteiger charge is -2.17. The van der Waals surface area contributed by atoms with Crippen LogP contribution < -0.4 is 19.9 Å². The number of anilines is 1. The largest absolute Gasteiger partial charge is 0.493 e. The van der Waals surface area contributed by atoms with Crippen molar-refractivity contribution < 1.29 is 14.3 Å². The zero-order valence-electron chi connectivity index (χ0n) is 15.6. The molecule has 1 N–H and O–H groups in total. The minimum absolute atomic E-state index is 0.0481. The van der Waals surface area contributed by atoms with Crippen molar-refractivity contribution in [2.24, 2.45) is 0 Å². The molecule has 0 fully saturated rings. The summed E-state index contributed by atoms with van der Waals surface area (Å²) in [4.78, 5) is 29.3. The second kappa shape index (κ2) is 7.95. The molecule has 0 radical (unpaired) electrons. The average molecular weight is 366 g/mol. The predicted octanol–water partition coefficient (Wildman–Crippen LogP) is 3.14. The number of pyridine rings is 1. The summed E-state index contributed by atoms with van der Waals surface area (Å²) in [7, 11) is 4.85. The molecule has 1 heterocycles. The van der Waals surface area contributed by atoms with E-state index >= 15 is 0 Å². The van der Waals surface area contributed by atoms with Gasteiger partial charge in [-0.25, -0.2) is 0 Å². The second-order valence-electron chi connectivity index (χ2n) is 6.21. The number of fused-ring (bicyclic) bond motifs is 1. The van der Waals surface area contributed by atoms with Crippen molar-refractivity contribution in [1.29, 1.82) is 0 Å². The van der Waals surface area contributed by atoms with Crippen molar-refractivity contribution in [3.05, 3.63) is 64.4 Å². The van der Waals surface area contributed by atoms with E-state index in [9.17, 15) is 9.59 Å². The third kappa shape index (κ3) is 3.95. The Morgan fingerprint density at radius 1 is 1.04 bits per heavy atom. The molecule has 0 unspecified atom stereocenters. The fourth-order valence-electron chi connectivity index (χ4n) is 2.97. The Morgan fingerprint density at radius 3 is 2.37 bits per heavy atom. The number of nitrogens with zero attached hydrogens (tertiary/aromatic N) is 1. The Hall–Kier alpha value is -3.28. The van der Waals surface area contributed by atoms with E-state index in [2.05, 4.69) is 4.98 Å². The van der Waals surface area contributed by atoms with Gasteiger partial charge in [-0.1, -0.05) is 18.2 Å². The van der Waals surface area contributed by atoms with Gasteiger partial charge in [0.2, 0.25) is 5.91 Å². The van der Waals surface area contributed by atoms with Gasteiger partial charge in [0, 0.05) is 36.2 Å². The highest BCUT2D eigenvalue weighted by molar-refractivity contribution is 5.93. The predicted molar refractivity (Wildman–Crippen MR) is 106 cm³/mol. The summed E-state index contributed by atoms with van der Waals surface area (Å²) in [5, 5.41) is 0.825. The van der Waals surface area contributed by atoms with E-state index in [4.69, 9.17) is 9.47 Å². The van der Waals surface area contributed by atoms with Gasteiger partial charge in [0.25, 0.3) is 5.56 Å². The van der Waals surface area contributed by atoms with Crippen molar-refractivity contribution in [1.82, 2.24) is 4.98 Å². The van der Waals surface area contributed by atoms with Crippen LogP contribution in [-0.4, -0.2) is 32.2 Å². The lowest BCUT2D eigenvalue weighted by Crippen LogP contribution is -2.27. The van der Waals surface area contributed by atoms with Crippen LogP contribution >= 0.6 is 0 Å². The molecule has 1 aromatic heterocycles. The summed E-state index contributed by atoms with van der Waals surface area (Å²) >= 11 is 0. The van der Waals surface area contributed by atoms with Crippen LogP contribution in [0.1, 0.15) is 12.0 Å². The maximum Gasteiger partial charge on any atom is 0.251 e. The van der Waals surface area contributed by atoms with Gasteiger partial charge in [0.05, 0.1) is 19.7 Å². The molecular formula is C21H22N2O4. The lowest BCUT2D eigenvalue weighted by molar-refractivity contribution is -0.118. The summed E-state index contributed by atoms with van der Waals surface area (Å²) in [6.45, 7) is 0. The first kappa shape index (κ1) is 18.5. The summed E-state index contributed by atoms with van der Waals surface area (Å²) in [5.41, 5.74) is 1.84. The van der Waals surface area contributed by atoms with Gasteiger partial charge >= 0.3 is 0 Å². The third-order valence-electron chi connectivity index (χ3n) is 4.55. The van der Waals surface area contributed by atoms with E-state index in [0.717, 1.165) is 11.1 Å². The molecule has 3 rings (SSSR count). The van der Waals surface area contributed by atoms with Gasteiger partial charge in [-0.05, 0) is 30.7 Å². The lowest BCUT2D eigenvalue weighted by atomic mass is 10.1. The first-order valence-electron chi connectivity index (χ1n) is 8.63. The Kier molecular flexibility index (Phi) is 5.45. The minimum Gasteiger partial charge on any atom is -0.493 e. The molecular weight excluding hydrogens is 344 g/mol. The van der Waals surface area contributed by atoms with Crippen LogP contribution in [0.4, 0.5) is 5.69 Å². The fraction of sp³-hybridized carbons (Fsp3) is 0.238. The molecule has 0 atom stereocenters. The van der Waals surface area contributed by atoms with E-state index in [1.54, 1.807) is 38.3 Å². The normalized spacial score (nSPS) is 10.6. The maximum absolute atomic E-state index is 12.5. The molecule has 0 aliphatic carbocycles. The van der Waals surface area contributed by atoms with Crippen molar-refractivity contribution in [3.63, 3.8) is 0 Å². The van der Waals surface area contributed by atoms with Gasteiger partial charge in [-0.2, -0.15) is 0 Å². The quantitative estimate of drug-likeness (QED) is 0.727. The van der Waals surface area contributed by atoms with Crippen LogP contribution in [0.3, 0.4) is 0 Å². The number of benzene rings is 2. The fourth-order valence-corrected chi connectivity index (χ4v) is 2.97. The van der Waals surface area contributed by atoms with Gasteiger partial charge in [-0.15, -0.1) is 0 Å². The smallest absolute Gasteiger partial charge is 0.251 e. The number of para-hydroxylation sites is 1. The zero-order chi connectivity index (χ0) is 19.4. The third-order valence-corrected chi connectivity index (χ3v) is 4.55. The number of aromatic amines is 1. The van der Waals surface area contributed by atoms with E-state index in [1.165, 1.54) is 0 Å². The molecule has 6 heteroatoms. The SMILES string of the molecule is COc1cc2cc(CCC(=O)N(C)c3ccccc3)c(=O)[nH]c2cc1OC. The summed E-state index contributed by atoms with van der Waals surface area (Å²) in [6.07, 6.45) is 0.600. The molecule has 2 aromatic carbocycles. The summed E-state index contributed by atoms with van der Waals surface area (Å²) in [5.74, 6) is 1.09. The van der Waals surface area contributed by atoms with Gasteiger partial charge < -0.3 is 19.4 Å². The van der Waals surface area contributed by atoms with Gasteiger partial charge in [0.15, 0.2) is 11.5 Å².